The number of aromatic nitrogens is 1. The van der Waals surface area contributed by atoms with Crippen LogP contribution >= 0.6 is 0 Å². The number of carbonyl (C=O) groups is 1. The zero-order valence-corrected chi connectivity index (χ0v) is 13.5. The van der Waals surface area contributed by atoms with Gasteiger partial charge in [-0.3, -0.25) is 9.35 Å². The highest BCUT2D eigenvalue weighted by Crippen LogP contribution is 2.32. The molecule has 1 aliphatic rings. The first kappa shape index (κ1) is 16.0. The minimum atomic E-state index is -4.31. The fraction of sp³-hybridized carbons (Fsp3) is 0.400. The Hall–Kier alpha value is -1.90. The highest BCUT2D eigenvalue weighted by molar-refractivity contribution is 7.85. The van der Waals surface area contributed by atoms with Gasteiger partial charge in [0, 0.05) is 31.0 Å². The van der Waals surface area contributed by atoms with Gasteiger partial charge in [-0.05, 0) is 36.6 Å². The molecule has 0 bridgehead atoms. The summed E-state index contributed by atoms with van der Waals surface area (Å²) in [6.45, 7) is 0.732. The third-order valence-electron chi connectivity index (χ3n) is 4.23. The van der Waals surface area contributed by atoms with Gasteiger partial charge in [0.05, 0.1) is 11.5 Å². The number of carbonyl (C=O) groups excluding carboxylic acids is 1. The summed E-state index contributed by atoms with van der Waals surface area (Å²) in [5.74, 6) is -0.143. The molecule has 7 nitrogen and oxygen atoms in total. The maximum absolute atomic E-state index is 12.6. The van der Waals surface area contributed by atoms with Crippen LogP contribution in [0, 0.1) is 0 Å². The molecule has 8 heteroatoms. The van der Waals surface area contributed by atoms with E-state index in [9.17, 15) is 22.9 Å². The smallest absolute Gasteiger partial charge is 0.294 e. The molecule has 0 fully saturated rings. The zero-order valence-electron chi connectivity index (χ0n) is 12.7. The largest absolute Gasteiger partial charge is 0.395 e. The second-order valence-corrected chi connectivity index (χ2v) is 7.11. The molecule has 0 saturated carbocycles. The summed E-state index contributed by atoms with van der Waals surface area (Å²) in [4.78, 5) is 14.1. The standard InChI is InChI=1S/C15H18N2O5S/c1-16-6-2-3-11-12-9-10(23(20,21)22)4-5-13(12)17(7-8-18)14(11)15(16)19/h4-5,9,18H,2-3,6-8H2,1H3,(H,20,21,22). The number of fused-ring (bicyclic) bond motifs is 3. The molecule has 1 amide bonds. The van der Waals surface area contributed by atoms with Crippen molar-refractivity contribution in [1.82, 2.24) is 9.47 Å². The van der Waals surface area contributed by atoms with Gasteiger partial charge in [-0.2, -0.15) is 8.42 Å². The van der Waals surface area contributed by atoms with Gasteiger partial charge in [0.25, 0.3) is 16.0 Å². The lowest BCUT2D eigenvalue weighted by atomic mass is 10.1. The molecular formula is C15H18N2O5S. The van der Waals surface area contributed by atoms with E-state index < -0.39 is 10.1 Å². The third-order valence-corrected chi connectivity index (χ3v) is 5.08. The van der Waals surface area contributed by atoms with Crippen LogP contribution < -0.4 is 0 Å². The maximum atomic E-state index is 12.6. The van der Waals surface area contributed by atoms with Crippen LogP contribution in [-0.2, 0) is 23.1 Å². The van der Waals surface area contributed by atoms with E-state index in [2.05, 4.69) is 0 Å². The van der Waals surface area contributed by atoms with Crippen LogP contribution in [0.4, 0.5) is 0 Å². The number of benzene rings is 1. The lowest BCUT2D eigenvalue weighted by Gasteiger charge is -2.16. The number of hydrogen-bond acceptors (Lipinski definition) is 4. The normalized spacial score (nSPS) is 15.8. The number of nitrogens with zero attached hydrogens (tertiary/aromatic N) is 2. The van der Waals surface area contributed by atoms with Crippen molar-refractivity contribution in [2.75, 3.05) is 20.2 Å². The maximum Gasteiger partial charge on any atom is 0.294 e. The highest BCUT2D eigenvalue weighted by Gasteiger charge is 2.28. The monoisotopic (exact) mass is 338 g/mol. The Morgan fingerprint density at radius 2 is 2.04 bits per heavy atom. The number of hydrogen-bond donors (Lipinski definition) is 2. The summed E-state index contributed by atoms with van der Waals surface area (Å²) in [6, 6.07) is 4.27. The second-order valence-electron chi connectivity index (χ2n) is 5.69. The van der Waals surface area contributed by atoms with Crippen LogP contribution in [-0.4, -0.2) is 53.7 Å². The van der Waals surface area contributed by atoms with Gasteiger partial charge < -0.3 is 14.6 Å². The van der Waals surface area contributed by atoms with Gasteiger partial charge in [-0.25, -0.2) is 0 Å². The molecule has 0 unspecified atom stereocenters. The average Bonchev–Trinajstić information content (AvgIpc) is 2.71. The van der Waals surface area contributed by atoms with Crippen molar-refractivity contribution in [3.05, 3.63) is 29.5 Å². The number of aliphatic hydroxyl groups is 1. The fourth-order valence-corrected chi connectivity index (χ4v) is 3.68. The van der Waals surface area contributed by atoms with Crippen LogP contribution in [0.5, 0.6) is 0 Å². The molecule has 1 aromatic heterocycles. The molecule has 2 aromatic rings. The van der Waals surface area contributed by atoms with Crippen LogP contribution in [0.1, 0.15) is 22.5 Å². The lowest BCUT2D eigenvalue weighted by Crippen LogP contribution is -2.28. The van der Waals surface area contributed by atoms with Crippen molar-refractivity contribution >= 4 is 26.9 Å². The summed E-state index contributed by atoms with van der Waals surface area (Å²) in [5.41, 5.74) is 1.94. The van der Waals surface area contributed by atoms with E-state index in [0.29, 0.717) is 29.6 Å². The van der Waals surface area contributed by atoms with Crippen molar-refractivity contribution in [3.8, 4) is 0 Å². The second kappa shape index (κ2) is 5.63. The number of aliphatic hydroxyl groups excluding tert-OH is 1. The van der Waals surface area contributed by atoms with E-state index in [-0.39, 0.29) is 24.0 Å². The van der Waals surface area contributed by atoms with Crippen molar-refractivity contribution in [2.24, 2.45) is 0 Å². The minimum absolute atomic E-state index is 0.132. The van der Waals surface area contributed by atoms with Crippen molar-refractivity contribution in [3.63, 3.8) is 0 Å². The van der Waals surface area contributed by atoms with Gasteiger partial charge in [-0.1, -0.05) is 0 Å². The van der Waals surface area contributed by atoms with Gasteiger partial charge in [0.1, 0.15) is 5.69 Å². The van der Waals surface area contributed by atoms with Gasteiger partial charge in [0.2, 0.25) is 0 Å². The third kappa shape index (κ3) is 2.62. The van der Waals surface area contributed by atoms with E-state index in [0.717, 1.165) is 12.0 Å². The summed E-state index contributed by atoms with van der Waals surface area (Å²) in [5, 5.41) is 9.96. The lowest BCUT2D eigenvalue weighted by molar-refractivity contribution is 0.0789. The van der Waals surface area contributed by atoms with Crippen molar-refractivity contribution < 1.29 is 22.9 Å². The summed E-state index contributed by atoms with van der Waals surface area (Å²) in [6.07, 6.45) is 1.40. The molecule has 2 N–H and O–H groups in total. The van der Waals surface area contributed by atoms with Crippen molar-refractivity contribution in [2.45, 2.75) is 24.3 Å². The molecule has 0 radical (unpaired) electrons. The Morgan fingerprint density at radius 1 is 1.30 bits per heavy atom. The van der Waals surface area contributed by atoms with Crippen LogP contribution in [0.25, 0.3) is 10.9 Å². The van der Waals surface area contributed by atoms with Crippen LogP contribution in [0.2, 0.25) is 0 Å². The van der Waals surface area contributed by atoms with Gasteiger partial charge in [0.15, 0.2) is 0 Å². The predicted molar refractivity (Wildman–Crippen MR) is 84.1 cm³/mol. The first-order valence-electron chi connectivity index (χ1n) is 7.33. The summed E-state index contributed by atoms with van der Waals surface area (Å²) >= 11 is 0. The Bertz CT molecular complexity index is 885. The predicted octanol–water partition coefficient (Wildman–Crippen LogP) is 0.899. The quantitative estimate of drug-likeness (QED) is 0.810. The number of amides is 1. The van der Waals surface area contributed by atoms with Crippen LogP contribution in [0.3, 0.4) is 0 Å². The Labute approximate surface area is 133 Å². The van der Waals surface area contributed by atoms with E-state index >= 15 is 0 Å². The first-order valence-corrected chi connectivity index (χ1v) is 8.77. The molecule has 0 aliphatic carbocycles. The molecule has 2 heterocycles. The number of rotatable bonds is 3. The van der Waals surface area contributed by atoms with Gasteiger partial charge >= 0.3 is 0 Å². The topological polar surface area (TPSA) is 99.8 Å². The molecule has 3 rings (SSSR count). The molecule has 1 aliphatic heterocycles. The fourth-order valence-electron chi connectivity index (χ4n) is 3.17. The summed E-state index contributed by atoms with van der Waals surface area (Å²) < 4.78 is 33.8. The minimum Gasteiger partial charge on any atom is -0.395 e. The molecule has 0 saturated heterocycles. The van der Waals surface area contributed by atoms with Crippen molar-refractivity contribution in [1.29, 1.82) is 0 Å². The van der Waals surface area contributed by atoms with E-state index in [1.807, 2.05) is 0 Å². The molecular weight excluding hydrogens is 320 g/mol. The Kier molecular flexibility index (Phi) is 3.91. The summed E-state index contributed by atoms with van der Waals surface area (Å²) in [7, 11) is -2.59. The van der Waals surface area contributed by atoms with Crippen LogP contribution in [0.15, 0.2) is 23.1 Å². The van der Waals surface area contributed by atoms with E-state index in [1.54, 1.807) is 22.6 Å². The molecule has 23 heavy (non-hydrogen) atoms. The zero-order chi connectivity index (χ0) is 16.8. The Balaban J connectivity index is 2.35. The SMILES string of the molecule is CN1CCCc2c(n(CCO)c3ccc(S(=O)(=O)O)cc23)C1=O. The molecule has 124 valence electrons. The van der Waals surface area contributed by atoms with Gasteiger partial charge in [-0.15, -0.1) is 0 Å². The first-order chi connectivity index (χ1) is 10.8. The molecule has 0 spiro atoms. The van der Waals surface area contributed by atoms with E-state index in [4.69, 9.17) is 0 Å². The van der Waals surface area contributed by atoms with E-state index in [1.165, 1.54) is 12.1 Å². The molecule has 1 aromatic carbocycles. The number of aryl methyl sites for hydroxylation is 1. The highest BCUT2D eigenvalue weighted by atomic mass is 32.2. The average molecular weight is 338 g/mol. The Morgan fingerprint density at radius 3 is 2.70 bits per heavy atom. The molecule has 0 atom stereocenters.